The van der Waals surface area contributed by atoms with Gasteiger partial charge in [-0.05, 0) is 25.5 Å². The molecule has 1 rings (SSSR count). The van der Waals surface area contributed by atoms with Gasteiger partial charge in [0.2, 0.25) is 0 Å². The fourth-order valence-electron chi connectivity index (χ4n) is 0.986. The lowest BCUT2D eigenvalue weighted by Crippen LogP contribution is -1.95. The molecule has 0 aromatic heterocycles. The van der Waals surface area contributed by atoms with E-state index >= 15 is 0 Å². The molecule has 1 aromatic carbocycles. The molecular formula is C10H10O2. The molecule has 0 heterocycles. The molecule has 0 aliphatic carbocycles. The summed E-state index contributed by atoms with van der Waals surface area (Å²) in [6.45, 7) is 3.33. The zero-order valence-electron chi connectivity index (χ0n) is 7.13. The Balaban J connectivity index is 3.22. The highest BCUT2D eigenvalue weighted by Crippen LogP contribution is 2.09. The molecule has 0 atom stereocenters. The van der Waals surface area contributed by atoms with Gasteiger partial charge in [0.15, 0.2) is 5.78 Å². The monoisotopic (exact) mass is 162 g/mol. The molecule has 1 aromatic rings. The van der Waals surface area contributed by atoms with Gasteiger partial charge in [-0.1, -0.05) is 12.1 Å². The first-order chi connectivity index (χ1) is 5.65. The number of Topliss-reactive ketones (excluding diaryl/α,β-unsaturated/α-hetero) is 1. The molecule has 0 unspecified atom stereocenters. The molecule has 0 spiro atoms. The molecule has 0 aliphatic rings. The number of carbonyl (C=O) groups excluding carboxylic acids is 2. The average Bonchev–Trinajstić information content (AvgIpc) is 2.05. The Kier molecular flexibility index (Phi) is 2.38. The third-order valence-electron chi connectivity index (χ3n) is 1.81. The van der Waals surface area contributed by atoms with Crippen LogP contribution in [0, 0.1) is 6.92 Å². The lowest BCUT2D eigenvalue weighted by Gasteiger charge is -1.99. The number of ketones is 1. The van der Waals surface area contributed by atoms with E-state index in [1.165, 1.54) is 6.92 Å². The molecule has 0 aliphatic heterocycles. The highest BCUT2D eigenvalue weighted by molar-refractivity contribution is 5.95. The topological polar surface area (TPSA) is 34.1 Å². The van der Waals surface area contributed by atoms with E-state index in [9.17, 15) is 9.59 Å². The normalized spacial score (nSPS) is 9.50. The molecule has 0 bridgehead atoms. The van der Waals surface area contributed by atoms with Crippen LogP contribution < -0.4 is 0 Å². The molecule has 0 N–H and O–H groups in total. The van der Waals surface area contributed by atoms with Crippen LogP contribution in [0.25, 0.3) is 0 Å². The predicted molar refractivity (Wildman–Crippen MR) is 46.6 cm³/mol. The first-order valence-corrected chi connectivity index (χ1v) is 3.72. The summed E-state index contributed by atoms with van der Waals surface area (Å²) in [5.74, 6) is -0.0156. The molecule has 2 heteroatoms. The van der Waals surface area contributed by atoms with Crippen LogP contribution in [-0.2, 0) is 0 Å². The number of aldehydes is 1. The molecule has 0 fully saturated rings. The van der Waals surface area contributed by atoms with Crippen LogP contribution in [0.3, 0.4) is 0 Å². The zero-order chi connectivity index (χ0) is 9.14. The van der Waals surface area contributed by atoms with Crippen molar-refractivity contribution >= 4 is 12.1 Å². The van der Waals surface area contributed by atoms with Crippen molar-refractivity contribution in [2.45, 2.75) is 13.8 Å². The minimum atomic E-state index is -0.0156. The average molecular weight is 162 g/mol. The first-order valence-electron chi connectivity index (χ1n) is 3.72. The van der Waals surface area contributed by atoms with E-state index in [2.05, 4.69) is 0 Å². The van der Waals surface area contributed by atoms with Crippen LogP contribution in [0.1, 0.15) is 33.2 Å². The second-order valence-electron chi connectivity index (χ2n) is 2.75. The van der Waals surface area contributed by atoms with Crippen LogP contribution in [0.4, 0.5) is 0 Å². The van der Waals surface area contributed by atoms with Gasteiger partial charge in [-0.2, -0.15) is 0 Å². The van der Waals surface area contributed by atoms with Crippen molar-refractivity contribution in [1.82, 2.24) is 0 Å². The molecule has 12 heavy (non-hydrogen) atoms. The molecule has 2 nitrogen and oxygen atoms in total. The SMILES string of the molecule is CC(=O)c1ccc(C)c(C=O)c1. The van der Waals surface area contributed by atoms with Crippen LogP contribution >= 0.6 is 0 Å². The maximum atomic E-state index is 10.9. The zero-order valence-corrected chi connectivity index (χ0v) is 7.13. The van der Waals surface area contributed by atoms with Gasteiger partial charge in [0, 0.05) is 11.1 Å². The molecular weight excluding hydrogens is 152 g/mol. The van der Waals surface area contributed by atoms with Gasteiger partial charge in [-0.25, -0.2) is 0 Å². The molecule has 0 saturated carbocycles. The number of benzene rings is 1. The highest BCUT2D eigenvalue weighted by atomic mass is 16.1. The summed E-state index contributed by atoms with van der Waals surface area (Å²) in [4.78, 5) is 21.4. The van der Waals surface area contributed by atoms with Gasteiger partial charge in [0.05, 0.1) is 0 Å². The van der Waals surface area contributed by atoms with E-state index in [0.717, 1.165) is 11.8 Å². The van der Waals surface area contributed by atoms with E-state index in [-0.39, 0.29) is 5.78 Å². The largest absolute Gasteiger partial charge is 0.298 e. The van der Waals surface area contributed by atoms with E-state index in [0.29, 0.717) is 11.1 Å². The van der Waals surface area contributed by atoms with Gasteiger partial charge in [0.1, 0.15) is 6.29 Å². The van der Waals surface area contributed by atoms with Crippen molar-refractivity contribution in [3.63, 3.8) is 0 Å². The summed E-state index contributed by atoms with van der Waals surface area (Å²) in [6, 6.07) is 5.12. The maximum absolute atomic E-state index is 10.9. The Hall–Kier alpha value is -1.44. The summed E-state index contributed by atoms with van der Waals surface area (Å²) in [5.41, 5.74) is 2.07. The van der Waals surface area contributed by atoms with Crippen LogP contribution in [0.15, 0.2) is 18.2 Å². The fraction of sp³-hybridized carbons (Fsp3) is 0.200. The van der Waals surface area contributed by atoms with Crippen molar-refractivity contribution in [3.8, 4) is 0 Å². The van der Waals surface area contributed by atoms with E-state index < -0.39 is 0 Å². The van der Waals surface area contributed by atoms with E-state index in [4.69, 9.17) is 0 Å². The number of rotatable bonds is 2. The lowest BCUT2D eigenvalue weighted by molar-refractivity contribution is 0.101. The van der Waals surface area contributed by atoms with Crippen molar-refractivity contribution in [1.29, 1.82) is 0 Å². The molecule has 0 amide bonds. The second kappa shape index (κ2) is 3.30. The lowest BCUT2D eigenvalue weighted by atomic mass is 10.0. The molecule has 0 radical (unpaired) electrons. The van der Waals surface area contributed by atoms with Crippen LogP contribution in [0.2, 0.25) is 0 Å². The van der Waals surface area contributed by atoms with Crippen LogP contribution in [0.5, 0.6) is 0 Å². The Bertz CT molecular complexity index is 327. The molecule has 62 valence electrons. The third kappa shape index (κ3) is 1.59. The smallest absolute Gasteiger partial charge is 0.159 e. The summed E-state index contributed by atoms with van der Waals surface area (Å²) in [6.07, 6.45) is 0.766. The van der Waals surface area contributed by atoms with Crippen molar-refractivity contribution < 1.29 is 9.59 Å². The Morgan fingerprint density at radius 3 is 2.58 bits per heavy atom. The van der Waals surface area contributed by atoms with Gasteiger partial charge < -0.3 is 0 Å². The van der Waals surface area contributed by atoms with Gasteiger partial charge >= 0.3 is 0 Å². The fourth-order valence-corrected chi connectivity index (χ4v) is 0.986. The Morgan fingerprint density at radius 1 is 1.42 bits per heavy atom. The summed E-state index contributed by atoms with van der Waals surface area (Å²) in [7, 11) is 0. The summed E-state index contributed by atoms with van der Waals surface area (Å²) < 4.78 is 0. The number of aryl methyl sites for hydroxylation is 1. The standard InChI is InChI=1S/C10H10O2/c1-7-3-4-9(8(2)12)5-10(7)6-11/h3-6H,1-2H3. The highest BCUT2D eigenvalue weighted by Gasteiger charge is 2.01. The second-order valence-corrected chi connectivity index (χ2v) is 2.75. The number of carbonyl (C=O) groups is 2. The van der Waals surface area contributed by atoms with Crippen molar-refractivity contribution in [2.75, 3.05) is 0 Å². The minimum absolute atomic E-state index is 0.0156. The van der Waals surface area contributed by atoms with Gasteiger partial charge in [0.25, 0.3) is 0 Å². The number of hydrogen-bond donors (Lipinski definition) is 0. The minimum Gasteiger partial charge on any atom is -0.298 e. The van der Waals surface area contributed by atoms with Gasteiger partial charge in [-0.15, -0.1) is 0 Å². The number of hydrogen-bond acceptors (Lipinski definition) is 2. The Labute approximate surface area is 71.2 Å². The van der Waals surface area contributed by atoms with Gasteiger partial charge in [-0.3, -0.25) is 9.59 Å². The summed E-state index contributed by atoms with van der Waals surface area (Å²) >= 11 is 0. The quantitative estimate of drug-likeness (QED) is 0.492. The maximum Gasteiger partial charge on any atom is 0.159 e. The van der Waals surface area contributed by atoms with Crippen LogP contribution in [-0.4, -0.2) is 12.1 Å². The first kappa shape index (κ1) is 8.65. The van der Waals surface area contributed by atoms with Crippen molar-refractivity contribution in [2.24, 2.45) is 0 Å². The third-order valence-corrected chi connectivity index (χ3v) is 1.81. The van der Waals surface area contributed by atoms with Crippen molar-refractivity contribution in [3.05, 3.63) is 34.9 Å². The summed E-state index contributed by atoms with van der Waals surface area (Å²) in [5, 5.41) is 0. The Morgan fingerprint density at radius 2 is 2.08 bits per heavy atom. The molecule has 0 saturated heterocycles. The predicted octanol–water partition coefficient (Wildman–Crippen LogP) is 2.01. The van der Waals surface area contributed by atoms with E-state index in [1.54, 1.807) is 18.2 Å². The van der Waals surface area contributed by atoms with E-state index in [1.807, 2.05) is 6.92 Å².